The third kappa shape index (κ3) is 4.04. The Morgan fingerprint density at radius 1 is 1.00 bits per heavy atom. The van der Waals surface area contributed by atoms with Crippen LogP contribution in [0.4, 0.5) is 0 Å². The van der Waals surface area contributed by atoms with Crippen LogP contribution < -0.4 is 0 Å². The number of Topliss-reactive ketones (excluding diaryl/α,β-unsaturated/α-hetero) is 1. The molecule has 0 fully saturated rings. The first-order valence-corrected chi connectivity index (χ1v) is 6.98. The minimum atomic E-state index is 0.00566. The summed E-state index contributed by atoms with van der Waals surface area (Å²) in [6, 6.07) is 19.9. The molecule has 0 aliphatic carbocycles. The van der Waals surface area contributed by atoms with Crippen LogP contribution in [0.3, 0.4) is 0 Å². The Morgan fingerprint density at radius 3 is 2.15 bits per heavy atom. The number of hydrogen-bond donors (Lipinski definition) is 0. The standard InChI is InChI=1S/C18H21NO/c1-15(18(20)17-11-7-4-8-12-17)13-19(2)14-16-9-5-3-6-10-16/h3-12,15H,13-14H2,1-2H3/t15-/m1/s1. The average Bonchev–Trinajstić information content (AvgIpc) is 2.48. The summed E-state index contributed by atoms with van der Waals surface area (Å²) < 4.78 is 0. The molecule has 0 N–H and O–H groups in total. The highest BCUT2D eigenvalue weighted by Crippen LogP contribution is 2.11. The third-order valence-electron chi connectivity index (χ3n) is 3.39. The largest absolute Gasteiger partial charge is 0.301 e. The molecular weight excluding hydrogens is 246 g/mol. The molecule has 0 amide bonds. The zero-order valence-electron chi connectivity index (χ0n) is 12.1. The molecule has 0 saturated carbocycles. The van der Waals surface area contributed by atoms with E-state index < -0.39 is 0 Å². The summed E-state index contributed by atoms with van der Waals surface area (Å²) in [6.45, 7) is 3.63. The normalized spacial score (nSPS) is 12.3. The van der Waals surface area contributed by atoms with Gasteiger partial charge in [0.1, 0.15) is 0 Å². The van der Waals surface area contributed by atoms with Gasteiger partial charge >= 0.3 is 0 Å². The second-order valence-corrected chi connectivity index (χ2v) is 5.31. The van der Waals surface area contributed by atoms with Gasteiger partial charge in [0.05, 0.1) is 0 Å². The van der Waals surface area contributed by atoms with Gasteiger partial charge in [0, 0.05) is 24.6 Å². The van der Waals surface area contributed by atoms with E-state index in [4.69, 9.17) is 0 Å². The fraction of sp³-hybridized carbons (Fsp3) is 0.278. The van der Waals surface area contributed by atoms with Crippen LogP contribution >= 0.6 is 0 Å². The van der Waals surface area contributed by atoms with E-state index in [1.54, 1.807) is 0 Å². The summed E-state index contributed by atoms with van der Waals surface area (Å²) in [5, 5.41) is 0. The molecule has 0 saturated heterocycles. The number of carbonyl (C=O) groups excluding carboxylic acids is 1. The van der Waals surface area contributed by atoms with Crippen molar-refractivity contribution in [1.29, 1.82) is 0 Å². The van der Waals surface area contributed by atoms with Crippen molar-refractivity contribution < 1.29 is 4.79 Å². The third-order valence-corrected chi connectivity index (χ3v) is 3.39. The van der Waals surface area contributed by atoms with Crippen LogP contribution in [0.25, 0.3) is 0 Å². The molecule has 104 valence electrons. The summed E-state index contributed by atoms with van der Waals surface area (Å²) in [7, 11) is 2.06. The number of ketones is 1. The van der Waals surface area contributed by atoms with Crippen LogP contribution in [0.15, 0.2) is 60.7 Å². The van der Waals surface area contributed by atoms with Crippen molar-refractivity contribution >= 4 is 5.78 Å². The van der Waals surface area contributed by atoms with Crippen LogP contribution in [0.2, 0.25) is 0 Å². The topological polar surface area (TPSA) is 20.3 Å². The van der Waals surface area contributed by atoms with Crippen molar-refractivity contribution in [3.05, 3.63) is 71.8 Å². The van der Waals surface area contributed by atoms with E-state index in [9.17, 15) is 4.79 Å². The summed E-state index contributed by atoms with van der Waals surface area (Å²) in [5.74, 6) is 0.219. The summed E-state index contributed by atoms with van der Waals surface area (Å²) in [4.78, 5) is 14.5. The lowest BCUT2D eigenvalue weighted by atomic mass is 9.99. The number of rotatable bonds is 6. The van der Waals surface area contributed by atoms with Gasteiger partial charge in [0.15, 0.2) is 5.78 Å². The van der Waals surface area contributed by atoms with Crippen molar-refractivity contribution in [2.75, 3.05) is 13.6 Å². The van der Waals surface area contributed by atoms with Gasteiger partial charge in [-0.3, -0.25) is 4.79 Å². The monoisotopic (exact) mass is 267 g/mol. The summed E-state index contributed by atoms with van der Waals surface area (Å²) >= 11 is 0. The van der Waals surface area contributed by atoms with Gasteiger partial charge < -0.3 is 4.90 Å². The van der Waals surface area contributed by atoms with Crippen molar-refractivity contribution in [3.63, 3.8) is 0 Å². The SMILES string of the molecule is C[C@H](CN(C)Cc1ccccc1)C(=O)c1ccccc1. The van der Waals surface area contributed by atoms with E-state index in [-0.39, 0.29) is 11.7 Å². The van der Waals surface area contributed by atoms with Gasteiger partial charge in [-0.05, 0) is 12.6 Å². The molecule has 2 aromatic carbocycles. The first-order chi connectivity index (χ1) is 9.66. The summed E-state index contributed by atoms with van der Waals surface area (Å²) in [6.07, 6.45) is 0. The highest BCUT2D eigenvalue weighted by atomic mass is 16.1. The predicted molar refractivity (Wildman–Crippen MR) is 82.7 cm³/mol. The minimum Gasteiger partial charge on any atom is -0.301 e. The van der Waals surface area contributed by atoms with Gasteiger partial charge in [0.25, 0.3) is 0 Å². The van der Waals surface area contributed by atoms with Gasteiger partial charge in [-0.2, -0.15) is 0 Å². The highest BCUT2D eigenvalue weighted by molar-refractivity contribution is 5.97. The maximum Gasteiger partial charge on any atom is 0.166 e. The number of carbonyl (C=O) groups is 1. The molecule has 2 rings (SSSR count). The Kier molecular flexibility index (Phi) is 5.08. The number of nitrogens with zero attached hydrogens (tertiary/aromatic N) is 1. The maximum absolute atomic E-state index is 12.3. The molecular formula is C18H21NO. The smallest absolute Gasteiger partial charge is 0.166 e. The molecule has 1 atom stereocenters. The molecule has 0 heterocycles. The van der Waals surface area contributed by atoms with Gasteiger partial charge in [-0.15, -0.1) is 0 Å². The second kappa shape index (κ2) is 7.01. The van der Waals surface area contributed by atoms with Gasteiger partial charge in [-0.1, -0.05) is 67.6 Å². The van der Waals surface area contributed by atoms with Crippen LogP contribution in [0, 0.1) is 5.92 Å². The van der Waals surface area contributed by atoms with E-state index in [0.717, 1.165) is 18.7 Å². The van der Waals surface area contributed by atoms with Crippen molar-refractivity contribution in [3.8, 4) is 0 Å². The van der Waals surface area contributed by atoms with Crippen LogP contribution in [-0.4, -0.2) is 24.3 Å². The average molecular weight is 267 g/mol. The lowest BCUT2D eigenvalue weighted by Crippen LogP contribution is -2.28. The molecule has 2 aromatic rings. The van der Waals surface area contributed by atoms with E-state index >= 15 is 0 Å². The summed E-state index contributed by atoms with van der Waals surface area (Å²) in [5.41, 5.74) is 2.07. The maximum atomic E-state index is 12.3. The Labute approximate surface area is 121 Å². The number of benzene rings is 2. The lowest BCUT2D eigenvalue weighted by Gasteiger charge is -2.20. The fourth-order valence-corrected chi connectivity index (χ4v) is 2.40. The van der Waals surface area contributed by atoms with Gasteiger partial charge in [-0.25, -0.2) is 0 Å². The minimum absolute atomic E-state index is 0.00566. The first-order valence-electron chi connectivity index (χ1n) is 6.98. The van der Waals surface area contributed by atoms with Crippen LogP contribution in [0.1, 0.15) is 22.8 Å². The van der Waals surface area contributed by atoms with Crippen LogP contribution in [-0.2, 0) is 6.54 Å². The Bertz CT molecular complexity index is 536. The Morgan fingerprint density at radius 2 is 1.55 bits per heavy atom. The van der Waals surface area contributed by atoms with Crippen molar-refractivity contribution in [2.24, 2.45) is 5.92 Å². The Balaban J connectivity index is 1.91. The second-order valence-electron chi connectivity index (χ2n) is 5.31. The molecule has 20 heavy (non-hydrogen) atoms. The molecule has 0 aliphatic rings. The fourth-order valence-electron chi connectivity index (χ4n) is 2.40. The molecule has 0 radical (unpaired) electrons. The van der Waals surface area contributed by atoms with Crippen LogP contribution in [0.5, 0.6) is 0 Å². The van der Waals surface area contributed by atoms with E-state index in [0.29, 0.717) is 0 Å². The van der Waals surface area contributed by atoms with E-state index in [1.165, 1.54) is 5.56 Å². The molecule has 0 aliphatic heterocycles. The predicted octanol–water partition coefficient (Wildman–Crippen LogP) is 3.64. The highest BCUT2D eigenvalue weighted by Gasteiger charge is 2.16. The zero-order chi connectivity index (χ0) is 14.4. The zero-order valence-corrected chi connectivity index (χ0v) is 12.1. The van der Waals surface area contributed by atoms with E-state index in [1.807, 2.05) is 55.5 Å². The van der Waals surface area contributed by atoms with Gasteiger partial charge in [0.2, 0.25) is 0 Å². The molecule has 0 aromatic heterocycles. The molecule has 2 heteroatoms. The molecule has 2 nitrogen and oxygen atoms in total. The first kappa shape index (κ1) is 14.5. The van der Waals surface area contributed by atoms with E-state index in [2.05, 4.69) is 24.1 Å². The molecule has 0 unspecified atom stereocenters. The quantitative estimate of drug-likeness (QED) is 0.745. The van der Waals surface area contributed by atoms with Crippen molar-refractivity contribution in [2.45, 2.75) is 13.5 Å². The van der Waals surface area contributed by atoms with Crippen molar-refractivity contribution in [1.82, 2.24) is 4.90 Å². The molecule has 0 bridgehead atoms. The lowest BCUT2D eigenvalue weighted by molar-refractivity contribution is 0.0901. The Hall–Kier alpha value is -1.93. The molecule has 0 spiro atoms. The number of hydrogen-bond acceptors (Lipinski definition) is 2.